The number of rotatable bonds is 6. The highest BCUT2D eigenvalue weighted by molar-refractivity contribution is 7.17. The lowest BCUT2D eigenvalue weighted by Crippen LogP contribution is -2.42. The van der Waals surface area contributed by atoms with E-state index in [1.54, 1.807) is 11.3 Å². The monoisotopic (exact) mass is 404 g/mol. The first-order chi connectivity index (χ1) is 14.2. The summed E-state index contributed by atoms with van der Waals surface area (Å²) in [5.74, 6) is 0.888. The van der Waals surface area contributed by atoms with Gasteiger partial charge in [-0.1, -0.05) is 30.3 Å². The van der Waals surface area contributed by atoms with Gasteiger partial charge in [-0.2, -0.15) is 0 Å². The molecule has 1 amide bonds. The highest BCUT2D eigenvalue weighted by atomic mass is 32.1. The molecule has 0 radical (unpaired) electrons. The summed E-state index contributed by atoms with van der Waals surface area (Å²) < 4.78 is 5.86. The Balaban J connectivity index is 1.20. The van der Waals surface area contributed by atoms with Crippen LogP contribution >= 0.6 is 11.3 Å². The van der Waals surface area contributed by atoms with E-state index in [2.05, 4.69) is 22.8 Å². The zero-order valence-electron chi connectivity index (χ0n) is 16.1. The summed E-state index contributed by atoms with van der Waals surface area (Å²) in [6.45, 7) is 0.557. The Morgan fingerprint density at radius 2 is 1.86 bits per heavy atom. The van der Waals surface area contributed by atoms with Gasteiger partial charge in [0.1, 0.15) is 12.4 Å². The zero-order valence-corrected chi connectivity index (χ0v) is 17.0. The lowest BCUT2D eigenvalue weighted by molar-refractivity contribution is 0.0935. The number of nitrogens with one attached hydrogen (secondary N) is 2. The van der Waals surface area contributed by atoms with Gasteiger partial charge >= 0.3 is 0 Å². The molecular formula is C24H24N2O2S. The fraction of sp³-hybridized carbons (Fsp3) is 0.292. The molecule has 2 saturated heterocycles. The number of fused-ring (bicyclic) bond motifs is 2. The molecule has 5 rings (SSSR count). The number of thiophene rings is 1. The molecule has 3 unspecified atom stereocenters. The van der Waals surface area contributed by atoms with Crippen molar-refractivity contribution in [2.45, 2.75) is 44.0 Å². The van der Waals surface area contributed by atoms with Gasteiger partial charge in [-0.25, -0.2) is 0 Å². The summed E-state index contributed by atoms with van der Waals surface area (Å²) in [7, 11) is 0. The molecule has 2 fully saturated rings. The van der Waals surface area contributed by atoms with E-state index in [1.807, 2.05) is 54.6 Å². The maximum Gasteiger partial charge on any atom is 0.261 e. The van der Waals surface area contributed by atoms with Crippen LogP contribution in [0.25, 0.3) is 10.4 Å². The first-order valence-corrected chi connectivity index (χ1v) is 11.0. The van der Waals surface area contributed by atoms with E-state index < -0.39 is 0 Å². The van der Waals surface area contributed by atoms with Gasteiger partial charge in [0.25, 0.3) is 5.91 Å². The summed E-state index contributed by atoms with van der Waals surface area (Å²) in [4.78, 5) is 14.5. The van der Waals surface area contributed by atoms with Crippen LogP contribution in [0.1, 0.15) is 34.5 Å². The van der Waals surface area contributed by atoms with E-state index in [1.165, 1.54) is 12.8 Å². The predicted molar refractivity (Wildman–Crippen MR) is 116 cm³/mol. The van der Waals surface area contributed by atoms with Crippen molar-refractivity contribution < 1.29 is 9.53 Å². The molecule has 148 valence electrons. The molecule has 3 heterocycles. The third-order valence-corrected chi connectivity index (χ3v) is 6.97. The molecule has 4 nitrogen and oxygen atoms in total. The lowest BCUT2D eigenvalue weighted by atomic mass is 9.95. The molecule has 0 spiro atoms. The number of hydrogen-bond acceptors (Lipinski definition) is 4. The molecule has 0 aliphatic carbocycles. The molecule has 0 saturated carbocycles. The molecule has 2 aliphatic rings. The van der Waals surface area contributed by atoms with Crippen molar-refractivity contribution in [3.63, 3.8) is 0 Å². The van der Waals surface area contributed by atoms with Crippen LogP contribution in [0.2, 0.25) is 0 Å². The third kappa shape index (κ3) is 4.07. The van der Waals surface area contributed by atoms with Crippen molar-refractivity contribution in [2.75, 3.05) is 0 Å². The maximum absolute atomic E-state index is 12.6. The van der Waals surface area contributed by atoms with Crippen molar-refractivity contribution in [1.29, 1.82) is 0 Å². The minimum absolute atomic E-state index is 0.0448. The molecule has 3 atom stereocenters. The Hall–Kier alpha value is -2.63. The third-order valence-electron chi connectivity index (χ3n) is 5.83. The fourth-order valence-corrected chi connectivity index (χ4v) is 5.21. The van der Waals surface area contributed by atoms with Gasteiger partial charge in [0.05, 0.1) is 4.88 Å². The maximum atomic E-state index is 12.6. The molecule has 29 heavy (non-hydrogen) atoms. The van der Waals surface area contributed by atoms with E-state index in [0.717, 1.165) is 33.1 Å². The standard InChI is InChI=1S/C24H24N2O2S/c27-24(26-21-14-18-8-11-20(21)25-18)23-13-12-22(29-23)17-6-9-19(10-7-17)28-15-16-4-2-1-3-5-16/h1-7,9-10,12-13,18,20-21,25H,8,11,14-15H2,(H,26,27). The fourth-order valence-electron chi connectivity index (χ4n) is 4.29. The van der Waals surface area contributed by atoms with Crippen LogP contribution in [0.15, 0.2) is 66.7 Å². The van der Waals surface area contributed by atoms with Crippen LogP contribution < -0.4 is 15.4 Å². The van der Waals surface area contributed by atoms with Gasteiger partial charge in [-0.3, -0.25) is 4.79 Å². The van der Waals surface area contributed by atoms with E-state index in [4.69, 9.17) is 4.74 Å². The minimum Gasteiger partial charge on any atom is -0.489 e. The molecule has 2 aliphatic heterocycles. The van der Waals surface area contributed by atoms with Crippen LogP contribution in [0.3, 0.4) is 0 Å². The number of hydrogen-bond donors (Lipinski definition) is 2. The summed E-state index contributed by atoms with van der Waals surface area (Å²) >= 11 is 1.54. The number of benzene rings is 2. The summed E-state index contributed by atoms with van der Waals surface area (Å²) in [5.41, 5.74) is 2.25. The molecule has 3 aromatic rings. The van der Waals surface area contributed by atoms with Crippen molar-refractivity contribution >= 4 is 17.2 Å². The minimum atomic E-state index is 0.0448. The highest BCUT2D eigenvalue weighted by Gasteiger charge is 2.39. The first-order valence-electron chi connectivity index (χ1n) is 10.2. The van der Waals surface area contributed by atoms with Gasteiger partial charge in [0.15, 0.2) is 0 Å². The van der Waals surface area contributed by atoms with E-state index in [0.29, 0.717) is 18.7 Å². The first kappa shape index (κ1) is 18.4. The van der Waals surface area contributed by atoms with Crippen LogP contribution in [0, 0.1) is 0 Å². The van der Waals surface area contributed by atoms with Gasteiger partial charge in [-0.05, 0) is 66.8 Å². The van der Waals surface area contributed by atoms with E-state index in [9.17, 15) is 4.79 Å². The van der Waals surface area contributed by atoms with Crippen molar-refractivity contribution in [3.05, 3.63) is 77.2 Å². The lowest BCUT2D eigenvalue weighted by Gasteiger charge is -2.20. The molecule has 2 N–H and O–H groups in total. The quantitative estimate of drug-likeness (QED) is 0.630. The Bertz CT molecular complexity index is 984. The van der Waals surface area contributed by atoms with Crippen molar-refractivity contribution in [1.82, 2.24) is 10.6 Å². The summed E-state index contributed by atoms with van der Waals surface area (Å²) in [6, 6.07) is 23.5. The van der Waals surface area contributed by atoms with Gasteiger partial charge in [-0.15, -0.1) is 11.3 Å². The number of ether oxygens (including phenoxy) is 1. The Morgan fingerprint density at radius 1 is 1.03 bits per heavy atom. The van der Waals surface area contributed by atoms with Gasteiger partial charge < -0.3 is 15.4 Å². The topological polar surface area (TPSA) is 50.4 Å². The molecule has 2 bridgehead atoms. The van der Waals surface area contributed by atoms with Crippen molar-refractivity contribution in [2.24, 2.45) is 0 Å². The van der Waals surface area contributed by atoms with Crippen LogP contribution in [0.5, 0.6) is 5.75 Å². The SMILES string of the molecule is O=C(NC1CC2CCC1N2)c1ccc(-c2ccc(OCc3ccccc3)cc2)s1. The Morgan fingerprint density at radius 3 is 2.59 bits per heavy atom. The number of carbonyl (C=O) groups is 1. The van der Waals surface area contributed by atoms with E-state index in [-0.39, 0.29) is 11.9 Å². The van der Waals surface area contributed by atoms with Crippen LogP contribution in [-0.4, -0.2) is 24.0 Å². The van der Waals surface area contributed by atoms with Crippen LogP contribution in [-0.2, 0) is 6.61 Å². The van der Waals surface area contributed by atoms with Crippen LogP contribution in [0.4, 0.5) is 0 Å². The number of carbonyl (C=O) groups excluding carboxylic acids is 1. The summed E-state index contributed by atoms with van der Waals surface area (Å²) in [6.07, 6.45) is 3.47. The normalized spacial score (nSPS) is 22.6. The van der Waals surface area contributed by atoms with Gasteiger partial charge in [0, 0.05) is 23.0 Å². The van der Waals surface area contributed by atoms with Crippen molar-refractivity contribution in [3.8, 4) is 16.2 Å². The van der Waals surface area contributed by atoms with E-state index >= 15 is 0 Å². The largest absolute Gasteiger partial charge is 0.489 e. The Labute approximate surface area is 174 Å². The number of amides is 1. The average Bonchev–Trinajstić information content (AvgIpc) is 3.50. The molecule has 2 aromatic carbocycles. The average molecular weight is 405 g/mol. The second kappa shape index (κ2) is 8.01. The highest BCUT2D eigenvalue weighted by Crippen LogP contribution is 2.31. The Kier molecular flexibility index (Phi) is 5.08. The van der Waals surface area contributed by atoms with Gasteiger partial charge in [0.2, 0.25) is 0 Å². The zero-order chi connectivity index (χ0) is 19.6. The summed E-state index contributed by atoms with van der Waals surface area (Å²) in [5, 5.41) is 6.79. The molecular weight excluding hydrogens is 380 g/mol. The smallest absolute Gasteiger partial charge is 0.261 e. The second-order valence-corrected chi connectivity index (χ2v) is 8.91. The predicted octanol–water partition coefficient (Wildman–Crippen LogP) is 4.62. The second-order valence-electron chi connectivity index (χ2n) is 7.83. The molecule has 1 aromatic heterocycles. The molecule has 5 heteroatoms.